The van der Waals surface area contributed by atoms with Crippen LogP contribution in [0.5, 0.6) is 0 Å². The van der Waals surface area contributed by atoms with Gasteiger partial charge in [0.25, 0.3) is 0 Å². The molecule has 3 aliphatic rings. The molecule has 3 heterocycles. The fourth-order valence-corrected chi connectivity index (χ4v) is 5.59. The lowest BCUT2D eigenvalue weighted by molar-refractivity contribution is -0.114. The van der Waals surface area contributed by atoms with Crippen molar-refractivity contribution in [2.75, 3.05) is 13.1 Å². The van der Waals surface area contributed by atoms with E-state index in [2.05, 4.69) is 21.8 Å². The molecule has 1 aromatic heterocycles. The lowest BCUT2D eigenvalue weighted by Crippen LogP contribution is -2.50. The van der Waals surface area contributed by atoms with Gasteiger partial charge < -0.3 is 10.6 Å². The largest absolute Gasteiger partial charge is 0.360 e. The van der Waals surface area contributed by atoms with E-state index >= 15 is 0 Å². The molecule has 0 unspecified atom stereocenters. The van der Waals surface area contributed by atoms with E-state index in [0.717, 1.165) is 42.4 Å². The molecule has 0 bridgehead atoms. The van der Waals surface area contributed by atoms with Crippen LogP contribution in [0.25, 0.3) is 0 Å². The van der Waals surface area contributed by atoms with Crippen LogP contribution in [-0.4, -0.2) is 40.6 Å². The molecule has 1 spiro atoms. The summed E-state index contributed by atoms with van der Waals surface area (Å²) in [6.07, 6.45) is 8.64. The van der Waals surface area contributed by atoms with Gasteiger partial charge in [-0.25, -0.2) is 4.99 Å². The number of nitrogens with two attached hydrogens (primary N) is 1. The molecule has 2 fully saturated rings. The molecule has 0 aromatic carbocycles. The zero-order valence-corrected chi connectivity index (χ0v) is 17.0. The fraction of sp³-hybridized carbons (Fsp3) is 0.571. The number of hydrogen-bond acceptors (Lipinski definition) is 6. The SMILES string of the molecule is Cc1ncccc1SC1=CN=C(N2CCC3(CC[C@@H](C)[C@H]3N)CC2)CC1=O. The molecule has 2 atom stereocenters. The van der Waals surface area contributed by atoms with E-state index in [4.69, 9.17) is 5.73 Å². The highest BCUT2D eigenvalue weighted by atomic mass is 32.2. The summed E-state index contributed by atoms with van der Waals surface area (Å²) in [7, 11) is 0. The highest BCUT2D eigenvalue weighted by molar-refractivity contribution is 8.04. The summed E-state index contributed by atoms with van der Waals surface area (Å²) in [5, 5.41) is 0. The Bertz CT molecular complexity index is 795. The van der Waals surface area contributed by atoms with Crippen LogP contribution in [0, 0.1) is 18.3 Å². The van der Waals surface area contributed by atoms with Crippen molar-refractivity contribution in [2.24, 2.45) is 22.1 Å². The summed E-state index contributed by atoms with van der Waals surface area (Å²) in [5.41, 5.74) is 7.77. The number of carbonyl (C=O) groups is 1. The van der Waals surface area contributed by atoms with E-state index in [1.165, 1.54) is 24.6 Å². The van der Waals surface area contributed by atoms with Gasteiger partial charge in [-0.2, -0.15) is 0 Å². The average Bonchev–Trinajstić information content (AvgIpc) is 2.94. The Balaban J connectivity index is 1.42. The number of pyridine rings is 1. The van der Waals surface area contributed by atoms with Crippen LogP contribution in [-0.2, 0) is 4.79 Å². The van der Waals surface area contributed by atoms with Gasteiger partial charge in [0.2, 0.25) is 0 Å². The Kier molecular flexibility index (Phi) is 5.12. The van der Waals surface area contributed by atoms with Gasteiger partial charge in [0.1, 0.15) is 5.84 Å². The number of thioether (sulfide) groups is 1. The van der Waals surface area contributed by atoms with Gasteiger partial charge in [-0.05, 0) is 56.1 Å². The van der Waals surface area contributed by atoms with E-state index in [1.54, 1.807) is 12.4 Å². The number of Topliss-reactive ketones (excluding diaryl/α,β-unsaturated/α-hetero) is 1. The monoisotopic (exact) mass is 384 g/mol. The Morgan fingerprint density at radius 3 is 2.70 bits per heavy atom. The first-order valence-corrected chi connectivity index (χ1v) is 10.7. The van der Waals surface area contributed by atoms with Gasteiger partial charge in [0, 0.05) is 36.4 Å². The molecular weight excluding hydrogens is 356 g/mol. The molecule has 0 amide bonds. The summed E-state index contributed by atoms with van der Waals surface area (Å²) in [5.74, 6) is 1.70. The maximum Gasteiger partial charge on any atom is 0.178 e. The van der Waals surface area contributed by atoms with Crippen LogP contribution >= 0.6 is 11.8 Å². The molecule has 144 valence electrons. The van der Waals surface area contributed by atoms with Crippen molar-refractivity contribution >= 4 is 23.4 Å². The number of piperidine rings is 1. The third-order valence-corrected chi connectivity index (χ3v) is 7.85. The van der Waals surface area contributed by atoms with E-state index in [1.807, 2.05) is 19.1 Å². The van der Waals surface area contributed by atoms with Crippen molar-refractivity contribution in [3.8, 4) is 0 Å². The average molecular weight is 385 g/mol. The van der Waals surface area contributed by atoms with Gasteiger partial charge in [0.05, 0.1) is 17.0 Å². The number of rotatable bonds is 2. The summed E-state index contributed by atoms with van der Waals surface area (Å²) in [6.45, 7) is 6.17. The number of hydrogen-bond donors (Lipinski definition) is 1. The van der Waals surface area contributed by atoms with E-state index in [9.17, 15) is 4.79 Å². The number of ketones is 1. The maximum atomic E-state index is 12.7. The van der Waals surface area contributed by atoms with Crippen LogP contribution < -0.4 is 5.73 Å². The van der Waals surface area contributed by atoms with E-state index in [-0.39, 0.29) is 5.78 Å². The molecule has 6 heteroatoms. The second-order valence-corrected chi connectivity index (χ2v) is 9.30. The van der Waals surface area contributed by atoms with Crippen molar-refractivity contribution < 1.29 is 4.79 Å². The predicted octanol–water partition coefficient (Wildman–Crippen LogP) is 3.53. The lowest BCUT2D eigenvalue weighted by Gasteiger charge is -2.44. The van der Waals surface area contributed by atoms with Crippen LogP contribution in [0.3, 0.4) is 0 Å². The highest BCUT2D eigenvalue weighted by Gasteiger charge is 2.46. The molecule has 2 N–H and O–H groups in total. The van der Waals surface area contributed by atoms with Crippen molar-refractivity contribution in [3.63, 3.8) is 0 Å². The third-order valence-electron chi connectivity index (χ3n) is 6.64. The Morgan fingerprint density at radius 1 is 1.30 bits per heavy atom. The lowest BCUT2D eigenvalue weighted by atomic mass is 9.73. The Labute approximate surface area is 165 Å². The molecular formula is C21H28N4OS. The molecule has 2 aliphatic heterocycles. The van der Waals surface area contributed by atoms with Crippen molar-refractivity contribution in [1.29, 1.82) is 0 Å². The van der Waals surface area contributed by atoms with Crippen LogP contribution in [0.2, 0.25) is 0 Å². The van der Waals surface area contributed by atoms with E-state index < -0.39 is 0 Å². The summed E-state index contributed by atoms with van der Waals surface area (Å²) < 4.78 is 0. The topological polar surface area (TPSA) is 71.6 Å². The number of nitrogens with zero attached hydrogens (tertiary/aromatic N) is 3. The molecule has 1 saturated carbocycles. The van der Waals surface area contributed by atoms with Crippen molar-refractivity contribution in [3.05, 3.63) is 35.1 Å². The molecule has 1 aliphatic carbocycles. The number of amidine groups is 1. The molecule has 0 radical (unpaired) electrons. The Morgan fingerprint density at radius 2 is 2.07 bits per heavy atom. The first-order chi connectivity index (χ1) is 13.0. The number of allylic oxidation sites excluding steroid dienone is 1. The number of aromatic nitrogens is 1. The fourth-order valence-electron chi connectivity index (χ4n) is 4.71. The Hall–Kier alpha value is -1.66. The van der Waals surface area contributed by atoms with Gasteiger partial charge in [-0.15, -0.1) is 0 Å². The molecule has 1 saturated heterocycles. The van der Waals surface area contributed by atoms with Crippen LogP contribution in [0.15, 0.2) is 39.3 Å². The first-order valence-electron chi connectivity index (χ1n) is 9.88. The number of carbonyl (C=O) groups excluding carboxylic acids is 1. The zero-order valence-electron chi connectivity index (χ0n) is 16.1. The molecule has 1 aromatic rings. The number of aliphatic imine (C=N–C) groups is 1. The zero-order chi connectivity index (χ0) is 19.0. The first kappa shape index (κ1) is 18.7. The highest BCUT2D eigenvalue weighted by Crippen LogP contribution is 2.48. The second kappa shape index (κ2) is 7.40. The quantitative estimate of drug-likeness (QED) is 0.844. The standard InChI is InChI=1S/C21H28N4OS/c1-14-5-6-21(20(14)22)7-10-25(11-8-21)19-12-16(26)18(13-24-19)27-17-4-3-9-23-15(17)2/h3-4,9,13-14,20H,5-8,10-12,22H2,1-2H3/t14-,20-/m1/s1. The minimum atomic E-state index is 0.153. The van der Waals surface area contributed by atoms with Gasteiger partial charge in [-0.1, -0.05) is 18.7 Å². The summed E-state index contributed by atoms with van der Waals surface area (Å²) in [4.78, 5) is 25.6. The number of likely N-dealkylation sites (tertiary alicyclic amines) is 1. The minimum Gasteiger partial charge on any atom is -0.360 e. The smallest absolute Gasteiger partial charge is 0.178 e. The molecule has 4 rings (SSSR count). The van der Waals surface area contributed by atoms with Crippen LogP contribution in [0.4, 0.5) is 0 Å². The van der Waals surface area contributed by atoms with Crippen LogP contribution in [0.1, 0.15) is 44.7 Å². The van der Waals surface area contributed by atoms with Gasteiger partial charge in [-0.3, -0.25) is 9.78 Å². The molecule has 27 heavy (non-hydrogen) atoms. The van der Waals surface area contributed by atoms with E-state index in [0.29, 0.717) is 28.7 Å². The predicted molar refractivity (Wildman–Crippen MR) is 110 cm³/mol. The molecule has 5 nitrogen and oxygen atoms in total. The minimum absolute atomic E-state index is 0.153. The van der Waals surface area contributed by atoms with Gasteiger partial charge >= 0.3 is 0 Å². The number of aryl methyl sites for hydroxylation is 1. The van der Waals surface area contributed by atoms with Crippen molar-refractivity contribution in [2.45, 2.75) is 56.9 Å². The summed E-state index contributed by atoms with van der Waals surface area (Å²) in [6, 6.07) is 4.21. The normalized spacial score (nSPS) is 27.7. The maximum absolute atomic E-state index is 12.7. The summed E-state index contributed by atoms with van der Waals surface area (Å²) >= 11 is 1.47. The van der Waals surface area contributed by atoms with Crippen molar-refractivity contribution in [1.82, 2.24) is 9.88 Å². The third kappa shape index (κ3) is 3.57. The van der Waals surface area contributed by atoms with Gasteiger partial charge in [0.15, 0.2) is 5.78 Å². The second-order valence-electron chi connectivity index (χ2n) is 8.22.